The first-order chi connectivity index (χ1) is 12.7. The van der Waals surface area contributed by atoms with E-state index < -0.39 is 6.10 Å². The molecule has 3 N–H and O–H groups in total. The van der Waals surface area contributed by atoms with E-state index in [1.54, 1.807) is 38.7 Å². The Morgan fingerprint density at radius 2 is 1.96 bits per heavy atom. The summed E-state index contributed by atoms with van der Waals surface area (Å²) in [5, 5.41) is 16.8. The van der Waals surface area contributed by atoms with Crippen LogP contribution in [0.1, 0.15) is 24.4 Å². The predicted octanol–water partition coefficient (Wildman–Crippen LogP) is 2.75. The highest BCUT2D eigenvalue weighted by Gasteiger charge is 2.12. The molecule has 0 saturated carbocycles. The molecule has 2 rings (SSSR count). The molecule has 1 atom stereocenters. The number of aliphatic hydroxyl groups is 1. The van der Waals surface area contributed by atoms with E-state index in [1.165, 1.54) is 0 Å². The van der Waals surface area contributed by atoms with Crippen molar-refractivity contribution in [3.63, 3.8) is 0 Å². The van der Waals surface area contributed by atoms with E-state index in [-0.39, 0.29) is 30.5 Å². The van der Waals surface area contributed by atoms with Gasteiger partial charge in [0.1, 0.15) is 5.76 Å². The van der Waals surface area contributed by atoms with E-state index in [1.807, 2.05) is 19.1 Å². The molecular weight excluding hydrogens is 461 g/mol. The van der Waals surface area contributed by atoms with Gasteiger partial charge < -0.3 is 29.6 Å². The Morgan fingerprint density at radius 1 is 1.19 bits per heavy atom. The molecular formula is C19H28IN3O4. The smallest absolute Gasteiger partial charge is 0.191 e. The third-order valence-electron chi connectivity index (χ3n) is 3.80. The van der Waals surface area contributed by atoms with Crippen LogP contribution in [0, 0.1) is 0 Å². The van der Waals surface area contributed by atoms with Crippen LogP contribution in [0.4, 0.5) is 0 Å². The van der Waals surface area contributed by atoms with Crippen LogP contribution in [0.25, 0.3) is 0 Å². The number of aliphatic hydroxyl groups excluding tert-OH is 1. The van der Waals surface area contributed by atoms with Crippen LogP contribution >= 0.6 is 24.0 Å². The van der Waals surface area contributed by atoms with Crippen LogP contribution in [0.3, 0.4) is 0 Å². The molecule has 0 bridgehead atoms. The number of ether oxygens (including phenoxy) is 2. The van der Waals surface area contributed by atoms with Gasteiger partial charge in [0.25, 0.3) is 0 Å². The number of guanidine groups is 1. The van der Waals surface area contributed by atoms with Crippen LogP contribution in [0.15, 0.2) is 46.0 Å². The third-order valence-corrected chi connectivity index (χ3v) is 3.80. The maximum absolute atomic E-state index is 10.4. The second-order valence-electron chi connectivity index (χ2n) is 5.61. The molecule has 2 aromatic rings. The Balaban J connectivity index is 0.00000364. The molecule has 150 valence electrons. The molecule has 0 spiro atoms. The maximum Gasteiger partial charge on any atom is 0.191 e. The number of nitrogens with one attached hydrogen (secondary N) is 2. The zero-order chi connectivity index (χ0) is 18.8. The SMILES string of the molecule is CCNC(=NCC(O)c1ccc(OC)c(OC)c1)NCCc1ccco1.I. The molecule has 8 heteroatoms. The summed E-state index contributed by atoms with van der Waals surface area (Å²) in [5.41, 5.74) is 0.720. The van der Waals surface area contributed by atoms with Gasteiger partial charge in [-0.05, 0) is 36.8 Å². The first kappa shape index (κ1) is 23.1. The van der Waals surface area contributed by atoms with E-state index >= 15 is 0 Å². The Morgan fingerprint density at radius 3 is 2.59 bits per heavy atom. The number of halogens is 1. The van der Waals surface area contributed by atoms with Gasteiger partial charge in [-0.25, -0.2) is 0 Å². The van der Waals surface area contributed by atoms with Gasteiger partial charge in [-0.1, -0.05) is 6.07 Å². The molecule has 1 heterocycles. The summed E-state index contributed by atoms with van der Waals surface area (Å²) >= 11 is 0. The highest BCUT2D eigenvalue weighted by molar-refractivity contribution is 14.0. The van der Waals surface area contributed by atoms with E-state index in [9.17, 15) is 5.11 Å². The molecule has 1 aromatic heterocycles. The average molecular weight is 489 g/mol. The van der Waals surface area contributed by atoms with Gasteiger partial charge in [-0.3, -0.25) is 4.99 Å². The average Bonchev–Trinajstić information content (AvgIpc) is 3.18. The van der Waals surface area contributed by atoms with Crippen LogP contribution in [-0.2, 0) is 6.42 Å². The van der Waals surface area contributed by atoms with Crippen LogP contribution < -0.4 is 20.1 Å². The Kier molecular flexibility index (Phi) is 10.6. The predicted molar refractivity (Wildman–Crippen MR) is 116 cm³/mol. The van der Waals surface area contributed by atoms with Crippen LogP contribution in [0.2, 0.25) is 0 Å². The molecule has 1 unspecified atom stereocenters. The summed E-state index contributed by atoms with van der Waals surface area (Å²) in [4.78, 5) is 4.45. The minimum atomic E-state index is -0.740. The van der Waals surface area contributed by atoms with Gasteiger partial charge in [0.15, 0.2) is 17.5 Å². The zero-order valence-electron chi connectivity index (χ0n) is 15.9. The second kappa shape index (κ2) is 12.4. The standard InChI is InChI=1S/C19H27N3O4.HI/c1-4-20-19(21-10-9-15-6-5-11-26-15)22-13-16(23)14-7-8-17(24-2)18(12-14)25-3;/h5-8,11-12,16,23H,4,9-10,13H2,1-3H3,(H2,20,21,22);1H. The van der Waals surface area contributed by atoms with Gasteiger partial charge in [-0.2, -0.15) is 0 Å². The summed E-state index contributed by atoms with van der Waals surface area (Å²) in [7, 11) is 3.15. The number of rotatable bonds is 9. The molecule has 1 aromatic carbocycles. The molecule has 0 aliphatic heterocycles. The van der Waals surface area contributed by atoms with Crippen molar-refractivity contribution in [1.29, 1.82) is 0 Å². The Bertz CT molecular complexity index is 692. The summed E-state index contributed by atoms with van der Waals surface area (Å²) in [6.07, 6.45) is 1.68. The fourth-order valence-electron chi connectivity index (χ4n) is 2.44. The van der Waals surface area contributed by atoms with Crippen molar-refractivity contribution in [3.8, 4) is 11.5 Å². The summed E-state index contributed by atoms with van der Waals surface area (Å²) in [5.74, 6) is 2.77. The largest absolute Gasteiger partial charge is 0.493 e. The molecule has 27 heavy (non-hydrogen) atoms. The topological polar surface area (TPSA) is 88.3 Å². The monoisotopic (exact) mass is 489 g/mol. The van der Waals surface area contributed by atoms with E-state index in [4.69, 9.17) is 13.9 Å². The maximum atomic E-state index is 10.4. The first-order valence-electron chi connectivity index (χ1n) is 8.62. The van der Waals surface area contributed by atoms with Gasteiger partial charge in [0.05, 0.1) is 33.1 Å². The lowest BCUT2D eigenvalue weighted by Crippen LogP contribution is -2.38. The van der Waals surface area contributed by atoms with Gasteiger partial charge in [0, 0.05) is 19.5 Å². The molecule has 7 nitrogen and oxygen atoms in total. The van der Waals surface area contributed by atoms with Crippen LogP contribution in [-0.4, -0.2) is 44.9 Å². The Hall–Kier alpha value is -1.94. The fourth-order valence-corrected chi connectivity index (χ4v) is 2.44. The molecule has 0 aliphatic carbocycles. The number of furan rings is 1. The Labute approximate surface area is 177 Å². The van der Waals surface area contributed by atoms with Gasteiger partial charge in [-0.15, -0.1) is 24.0 Å². The molecule has 0 aliphatic rings. The summed E-state index contributed by atoms with van der Waals surface area (Å²) < 4.78 is 15.8. The van der Waals surface area contributed by atoms with Crippen molar-refractivity contribution in [2.75, 3.05) is 33.9 Å². The van der Waals surface area contributed by atoms with E-state index in [2.05, 4.69) is 15.6 Å². The number of hydrogen-bond donors (Lipinski definition) is 3. The second-order valence-corrected chi connectivity index (χ2v) is 5.61. The lowest BCUT2D eigenvalue weighted by molar-refractivity contribution is 0.186. The highest BCUT2D eigenvalue weighted by Crippen LogP contribution is 2.29. The normalized spacial score (nSPS) is 12.1. The summed E-state index contributed by atoms with van der Waals surface area (Å²) in [6, 6.07) is 9.14. The first-order valence-corrected chi connectivity index (χ1v) is 8.62. The third kappa shape index (κ3) is 7.30. The highest BCUT2D eigenvalue weighted by atomic mass is 127. The van der Waals surface area contributed by atoms with Crippen molar-refractivity contribution in [2.24, 2.45) is 4.99 Å². The van der Waals surface area contributed by atoms with Crippen molar-refractivity contribution >= 4 is 29.9 Å². The molecule has 0 saturated heterocycles. The minimum Gasteiger partial charge on any atom is -0.493 e. The zero-order valence-corrected chi connectivity index (χ0v) is 18.2. The van der Waals surface area contributed by atoms with Crippen molar-refractivity contribution in [3.05, 3.63) is 47.9 Å². The fraction of sp³-hybridized carbons (Fsp3) is 0.421. The lowest BCUT2D eigenvalue weighted by Gasteiger charge is -2.14. The van der Waals surface area contributed by atoms with Gasteiger partial charge >= 0.3 is 0 Å². The van der Waals surface area contributed by atoms with Crippen LogP contribution in [0.5, 0.6) is 11.5 Å². The number of methoxy groups -OCH3 is 2. The number of hydrogen-bond acceptors (Lipinski definition) is 5. The quantitative estimate of drug-likeness (QED) is 0.285. The van der Waals surface area contributed by atoms with Crippen molar-refractivity contribution < 1.29 is 19.0 Å². The van der Waals surface area contributed by atoms with E-state index in [0.29, 0.717) is 24.0 Å². The number of nitrogens with zero attached hydrogens (tertiary/aromatic N) is 1. The van der Waals surface area contributed by atoms with Crippen molar-refractivity contribution in [2.45, 2.75) is 19.4 Å². The molecule has 0 amide bonds. The van der Waals surface area contributed by atoms with Gasteiger partial charge in [0.2, 0.25) is 0 Å². The number of aliphatic imine (C=N–C) groups is 1. The number of benzene rings is 1. The lowest BCUT2D eigenvalue weighted by atomic mass is 10.1. The molecule has 0 fully saturated rings. The molecule has 0 radical (unpaired) electrons. The van der Waals surface area contributed by atoms with E-state index in [0.717, 1.165) is 24.3 Å². The summed E-state index contributed by atoms with van der Waals surface area (Å²) in [6.45, 7) is 3.64. The minimum absolute atomic E-state index is 0. The van der Waals surface area contributed by atoms with Crippen molar-refractivity contribution in [1.82, 2.24) is 10.6 Å².